The second-order valence-electron chi connectivity index (χ2n) is 5.12. The molecule has 0 N–H and O–H groups in total. The number of amides is 1. The molecule has 1 aliphatic rings. The molecule has 0 saturated carbocycles. The number of anilines is 1. The Labute approximate surface area is 118 Å². The number of rotatable bonds is 3. The van der Waals surface area contributed by atoms with Crippen LogP contribution < -0.4 is 4.90 Å². The summed E-state index contributed by atoms with van der Waals surface area (Å²) in [4.78, 5) is 25.6. The largest absolute Gasteiger partial charge is 0.371 e. The van der Waals surface area contributed by atoms with Gasteiger partial charge in [0.2, 0.25) is 5.91 Å². The van der Waals surface area contributed by atoms with Gasteiger partial charge in [-0.1, -0.05) is 0 Å². The second kappa shape index (κ2) is 5.90. The van der Waals surface area contributed by atoms with E-state index in [1.165, 1.54) is 12.1 Å². The molecule has 0 radical (unpaired) electrons. The van der Waals surface area contributed by atoms with Crippen molar-refractivity contribution in [2.45, 2.75) is 25.8 Å². The molecule has 0 bridgehead atoms. The van der Waals surface area contributed by atoms with Gasteiger partial charge in [-0.2, -0.15) is 0 Å². The highest BCUT2D eigenvalue weighted by atomic mass is 16.6. The summed E-state index contributed by atoms with van der Waals surface area (Å²) in [5, 5.41) is 10.6. The summed E-state index contributed by atoms with van der Waals surface area (Å²) in [5.41, 5.74) is 1.11. The van der Waals surface area contributed by atoms with Crippen LogP contribution in [-0.2, 0) is 4.79 Å². The molecule has 1 heterocycles. The van der Waals surface area contributed by atoms with E-state index in [2.05, 4.69) is 4.90 Å². The second-order valence-corrected chi connectivity index (χ2v) is 5.12. The molecular weight excluding hydrogens is 258 g/mol. The van der Waals surface area contributed by atoms with Crippen LogP contribution in [0.1, 0.15) is 19.8 Å². The third kappa shape index (κ3) is 3.07. The SMILES string of the molecule is CC(=O)N(C)C1CCN(c2ccc([N+](=O)[O-])cc2)CC1. The first-order chi connectivity index (χ1) is 9.49. The molecule has 6 heteroatoms. The van der Waals surface area contributed by atoms with E-state index >= 15 is 0 Å². The summed E-state index contributed by atoms with van der Waals surface area (Å²) < 4.78 is 0. The first kappa shape index (κ1) is 14.3. The highest BCUT2D eigenvalue weighted by Gasteiger charge is 2.24. The molecule has 1 amide bonds. The molecule has 0 aliphatic carbocycles. The molecule has 1 fully saturated rings. The Balaban J connectivity index is 1.96. The van der Waals surface area contributed by atoms with Crippen LogP contribution >= 0.6 is 0 Å². The summed E-state index contributed by atoms with van der Waals surface area (Å²) in [5.74, 6) is 0.0961. The maximum Gasteiger partial charge on any atom is 0.269 e. The van der Waals surface area contributed by atoms with Crippen molar-refractivity contribution in [3.63, 3.8) is 0 Å². The van der Waals surface area contributed by atoms with Crippen molar-refractivity contribution in [1.29, 1.82) is 0 Å². The molecule has 2 rings (SSSR count). The van der Waals surface area contributed by atoms with E-state index in [-0.39, 0.29) is 11.6 Å². The van der Waals surface area contributed by atoms with E-state index in [4.69, 9.17) is 0 Å². The number of hydrogen-bond donors (Lipinski definition) is 0. The molecular formula is C14H19N3O3. The topological polar surface area (TPSA) is 66.7 Å². The average molecular weight is 277 g/mol. The van der Waals surface area contributed by atoms with Crippen molar-refractivity contribution < 1.29 is 9.72 Å². The van der Waals surface area contributed by atoms with Gasteiger partial charge in [0.25, 0.3) is 5.69 Å². The van der Waals surface area contributed by atoms with Crippen LogP contribution in [0.2, 0.25) is 0 Å². The lowest BCUT2D eigenvalue weighted by Gasteiger charge is -2.37. The summed E-state index contributed by atoms with van der Waals surface area (Å²) in [7, 11) is 1.84. The number of carbonyl (C=O) groups is 1. The van der Waals surface area contributed by atoms with E-state index < -0.39 is 4.92 Å². The van der Waals surface area contributed by atoms with Gasteiger partial charge in [-0.25, -0.2) is 0 Å². The summed E-state index contributed by atoms with van der Waals surface area (Å²) >= 11 is 0. The van der Waals surface area contributed by atoms with Crippen molar-refractivity contribution >= 4 is 17.3 Å². The Bertz CT molecular complexity index is 493. The number of hydrogen-bond acceptors (Lipinski definition) is 4. The van der Waals surface area contributed by atoms with Crippen molar-refractivity contribution in [1.82, 2.24) is 4.90 Å². The van der Waals surface area contributed by atoms with Gasteiger partial charge in [-0.05, 0) is 25.0 Å². The minimum atomic E-state index is -0.391. The van der Waals surface area contributed by atoms with Crippen LogP contribution in [-0.4, -0.2) is 41.9 Å². The molecule has 1 aromatic carbocycles. The predicted octanol–water partition coefficient (Wildman–Crippen LogP) is 2.04. The molecule has 20 heavy (non-hydrogen) atoms. The number of piperidine rings is 1. The third-order valence-corrected chi connectivity index (χ3v) is 3.93. The summed E-state index contributed by atoms with van der Waals surface area (Å²) in [6.07, 6.45) is 1.85. The zero-order valence-electron chi connectivity index (χ0n) is 11.8. The number of non-ortho nitro benzene ring substituents is 1. The Morgan fingerprint density at radius 1 is 1.30 bits per heavy atom. The van der Waals surface area contributed by atoms with Gasteiger partial charge < -0.3 is 9.80 Å². The van der Waals surface area contributed by atoms with Gasteiger partial charge in [0.1, 0.15) is 0 Å². The fraction of sp³-hybridized carbons (Fsp3) is 0.500. The Morgan fingerprint density at radius 2 is 1.85 bits per heavy atom. The van der Waals surface area contributed by atoms with Crippen molar-refractivity contribution in [3.05, 3.63) is 34.4 Å². The molecule has 108 valence electrons. The lowest BCUT2D eigenvalue weighted by atomic mass is 10.0. The number of nitro groups is 1. The zero-order chi connectivity index (χ0) is 14.7. The number of nitrogens with zero attached hydrogens (tertiary/aromatic N) is 3. The molecule has 0 atom stereocenters. The fourth-order valence-electron chi connectivity index (χ4n) is 2.55. The Kier molecular flexibility index (Phi) is 4.22. The number of carbonyl (C=O) groups excluding carboxylic acids is 1. The van der Waals surface area contributed by atoms with Crippen molar-refractivity contribution in [3.8, 4) is 0 Å². The Morgan fingerprint density at radius 3 is 2.30 bits per heavy atom. The first-order valence-corrected chi connectivity index (χ1v) is 6.72. The first-order valence-electron chi connectivity index (χ1n) is 6.72. The molecule has 0 spiro atoms. The fourth-order valence-corrected chi connectivity index (χ4v) is 2.55. The van der Waals surface area contributed by atoms with Crippen LogP contribution in [0.15, 0.2) is 24.3 Å². The maximum atomic E-state index is 11.3. The number of nitro benzene ring substituents is 1. The zero-order valence-corrected chi connectivity index (χ0v) is 11.8. The molecule has 0 unspecified atom stereocenters. The maximum absolute atomic E-state index is 11.3. The van der Waals surface area contributed by atoms with Crippen LogP contribution in [0.5, 0.6) is 0 Å². The van der Waals surface area contributed by atoms with E-state index in [0.717, 1.165) is 31.6 Å². The highest BCUT2D eigenvalue weighted by molar-refractivity contribution is 5.73. The minimum absolute atomic E-state index is 0.0961. The van der Waals surface area contributed by atoms with Crippen LogP contribution in [0.4, 0.5) is 11.4 Å². The highest BCUT2D eigenvalue weighted by Crippen LogP contribution is 2.24. The van der Waals surface area contributed by atoms with Crippen LogP contribution in [0.3, 0.4) is 0 Å². The van der Waals surface area contributed by atoms with Gasteiger partial charge in [0, 0.05) is 50.9 Å². The van der Waals surface area contributed by atoms with E-state index in [1.807, 2.05) is 7.05 Å². The predicted molar refractivity (Wildman–Crippen MR) is 76.8 cm³/mol. The summed E-state index contributed by atoms with van der Waals surface area (Å²) in [6, 6.07) is 6.92. The monoisotopic (exact) mass is 277 g/mol. The van der Waals surface area contributed by atoms with Gasteiger partial charge in [-0.3, -0.25) is 14.9 Å². The quantitative estimate of drug-likeness (QED) is 0.626. The van der Waals surface area contributed by atoms with Gasteiger partial charge in [0.05, 0.1) is 4.92 Å². The van der Waals surface area contributed by atoms with E-state index in [9.17, 15) is 14.9 Å². The van der Waals surface area contributed by atoms with Crippen LogP contribution in [0, 0.1) is 10.1 Å². The molecule has 6 nitrogen and oxygen atoms in total. The third-order valence-electron chi connectivity index (χ3n) is 3.93. The Hall–Kier alpha value is -2.11. The molecule has 1 aromatic rings. The summed E-state index contributed by atoms with van der Waals surface area (Å²) in [6.45, 7) is 3.31. The van der Waals surface area contributed by atoms with Crippen LogP contribution in [0.25, 0.3) is 0 Å². The standard InChI is InChI=1S/C14H19N3O3/c1-11(18)15(2)12-7-9-16(10-8-12)13-3-5-14(6-4-13)17(19)20/h3-6,12H,7-10H2,1-2H3. The molecule has 1 saturated heterocycles. The van der Waals surface area contributed by atoms with Crippen molar-refractivity contribution in [2.24, 2.45) is 0 Å². The number of benzene rings is 1. The molecule has 1 aliphatic heterocycles. The average Bonchev–Trinajstić information content (AvgIpc) is 2.46. The lowest BCUT2D eigenvalue weighted by molar-refractivity contribution is -0.384. The van der Waals surface area contributed by atoms with Crippen molar-refractivity contribution in [2.75, 3.05) is 25.0 Å². The minimum Gasteiger partial charge on any atom is -0.371 e. The van der Waals surface area contributed by atoms with Gasteiger partial charge in [-0.15, -0.1) is 0 Å². The lowest BCUT2D eigenvalue weighted by Crippen LogP contribution is -2.45. The van der Waals surface area contributed by atoms with Gasteiger partial charge >= 0.3 is 0 Å². The molecule has 0 aromatic heterocycles. The van der Waals surface area contributed by atoms with Gasteiger partial charge in [0.15, 0.2) is 0 Å². The van der Waals surface area contributed by atoms with E-state index in [1.54, 1.807) is 24.0 Å². The van der Waals surface area contributed by atoms with E-state index in [0.29, 0.717) is 6.04 Å². The smallest absolute Gasteiger partial charge is 0.269 e. The normalized spacial score (nSPS) is 16.0.